The summed E-state index contributed by atoms with van der Waals surface area (Å²) < 4.78 is 2.37. The Bertz CT molecular complexity index is 1060. The first kappa shape index (κ1) is 21.4. The number of aryl methyl sites for hydroxylation is 3. The van der Waals surface area contributed by atoms with Crippen molar-refractivity contribution < 1.29 is 4.79 Å². The fourth-order valence-corrected chi connectivity index (χ4v) is 4.32. The van der Waals surface area contributed by atoms with Crippen LogP contribution in [0.15, 0.2) is 42.5 Å². The Labute approximate surface area is 185 Å². The van der Waals surface area contributed by atoms with Gasteiger partial charge in [-0.15, -0.1) is 0 Å². The van der Waals surface area contributed by atoms with Crippen molar-refractivity contribution in [2.75, 3.05) is 23.3 Å². The lowest BCUT2D eigenvalue weighted by atomic mass is 9.96. The van der Waals surface area contributed by atoms with Gasteiger partial charge in [0.15, 0.2) is 0 Å². The molecule has 5 heteroatoms. The van der Waals surface area contributed by atoms with Crippen molar-refractivity contribution in [3.05, 3.63) is 53.6 Å². The summed E-state index contributed by atoms with van der Waals surface area (Å²) in [5, 5.41) is 3.12. The highest BCUT2D eigenvalue weighted by atomic mass is 16.1. The first-order valence-corrected chi connectivity index (χ1v) is 11.5. The van der Waals surface area contributed by atoms with E-state index >= 15 is 0 Å². The third-order valence-corrected chi connectivity index (χ3v) is 6.49. The van der Waals surface area contributed by atoms with Gasteiger partial charge in [0.05, 0.1) is 11.0 Å². The summed E-state index contributed by atoms with van der Waals surface area (Å²) in [6, 6.07) is 14.5. The third kappa shape index (κ3) is 4.76. The third-order valence-electron chi connectivity index (χ3n) is 6.49. The van der Waals surface area contributed by atoms with Gasteiger partial charge in [-0.1, -0.05) is 32.0 Å². The zero-order chi connectivity index (χ0) is 22.0. The van der Waals surface area contributed by atoms with Crippen LogP contribution >= 0.6 is 0 Å². The molecule has 2 heterocycles. The van der Waals surface area contributed by atoms with Crippen LogP contribution < -0.4 is 10.2 Å². The molecule has 1 amide bonds. The molecule has 0 spiro atoms. The van der Waals surface area contributed by atoms with Crippen LogP contribution in [0.5, 0.6) is 0 Å². The number of anilines is 2. The number of piperidine rings is 1. The quantitative estimate of drug-likeness (QED) is 0.571. The minimum absolute atomic E-state index is 0.0475. The fraction of sp³-hybridized carbons (Fsp3) is 0.462. The van der Waals surface area contributed by atoms with Gasteiger partial charge in [-0.25, -0.2) is 4.98 Å². The number of aromatic nitrogens is 2. The number of carbonyl (C=O) groups excluding carboxylic acids is 1. The minimum Gasteiger partial charge on any atom is -0.342 e. The van der Waals surface area contributed by atoms with Crippen molar-refractivity contribution in [1.29, 1.82) is 0 Å². The predicted octanol–water partition coefficient (Wildman–Crippen LogP) is 5.55. The molecule has 0 atom stereocenters. The fourth-order valence-electron chi connectivity index (χ4n) is 4.32. The lowest BCUT2D eigenvalue weighted by Crippen LogP contribution is -2.39. The Morgan fingerprint density at radius 3 is 2.55 bits per heavy atom. The van der Waals surface area contributed by atoms with E-state index in [9.17, 15) is 4.79 Å². The zero-order valence-corrected chi connectivity index (χ0v) is 19.2. The van der Waals surface area contributed by atoms with Gasteiger partial charge in [-0.3, -0.25) is 4.79 Å². The number of imidazole rings is 1. The number of amides is 1. The molecule has 1 saturated heterocycles. The predicted molar refractivity (Wildman–Crippen MR) is 129 cm³/mol. The summed E-state index contributed by atoms with van der Waals surface area (Å²) in [5.41, 5.74) is 5.59. The number of benzene rings is 2. The van der Waals surface area contributed by atoms with Crippen LogP contribution in [0.1, 0.15) is 44.2 Å². The summed E-state index contributed by atoms with van der Waals surface area (Å²) in [7, 11) is 0. The maximum absolute atomic E-state index is 12.8. The lowest BCUT2D eigenvalue weighted by molar-refractivity contribution is -0.120. The molecule has 0 aliphatic carbocycles. The van der Waals surface area contributed by atoms with Crippen LogP contribution in [0.25, 0.3) is 11.0 Å². The highest BCUT2D eigenvalue weighted by molar-refractivity contribution is 5.92. The molecule has 31 heavy (non-hydrogen) atoms. The molecule has 2 aromatic carbocycles. The molecular formula is C26H34N4O. The number of nitrogens with one attached hydrogen (secondary N) is 1. The maximum Gasteiger partial charge on any atom is 0.227 e. The van der Waals surface area contributed by atoms with Crippen molar-refractivity contribution >= 4 is 28.6 Å². The number of para-hydroxylation sites is 2. The van der Waals surface area contributed by atoms with Crippen LogP contribution in [-0.2, 0) is 11.3 Å². The Kier molecular flexibility index (Phi) is 6.30. The van der Waals surface area contributed by atoms with E-state index in [0.29, 0.717) is 5.92 Å². The highest BCUT2D eigenvalue weighted by Gasteiger charge is 2.27. The van der Waals surface area contributed by atoms with Gasteiger partial charge in [0, 0.05) is 31.2 Å². The summed E-state index contributed by atoms with van der Waals surface area (Å²) in [4.78, 5) is 20.2. The van der Waals surface area contributed by atoms with Gasteiger partial charge in [0.2, 0.25) is 11.9 Å². The standard InChI is InChI=1S/C26H34N4O/c1-18(2)11-16-30-24-8-6-5-7-23(24)28-26(30)29-14-12-21(13-15-29)25(31)27-22-10-9-19(3)20(4)17-22/h5-10,17-18,21H,11-16H2,1-4H3,(H,27,31). The van der Waals surface area contributed by atoms with Crippen molar-refractivity contribution in [2.45, 2.75) is 53.5 Å². The molecule has 0 bridgehead atoms. The van der Waals surface area contributed by atoms with Crippen molar-refractivity contribution in [2.24, 2.45) is 11.8 Å². The molecule has 0 saturated carbocycles. The molecule has 1 aromatic heterocycles. The number of carbonyl (C=O) groups is 1. The molecule has 1 aliphatic rings. The van der Waals surface area contributed by atoms with E-state index < -0.39 is 0 Å². The second-order valence-corrected chi connectivity index (χ2v) is 9.28. The Balaban J connectivity index is 1.44. The number of nitrogens with zero attached hydrogens (tertiary/aromatic N) is 3. The summed E-state index contributed by atoms with van der Waals surface area (Å²) in [5.74, 6) is 1.88. The Morgan fingerprint density at radius 2 is 1.84 bits per heavy atom. The SMILES string of the molecule is Cc1ccc(NC(=O)C2CCN(c3nc4ccccc4n3CCC(C)C)CC2)cc1C. The molecule has 0 unspecified atom stereocenters. The van der Waals surface area contributed by atoms with Crippen LogP contribution in [0.3, 0.4) is 0 Å². The molecule has 164 valence electrons. The smallest absolute Gasteiger partial charge is 0.227 e. The summed E-state index contributed by atoms with van der Waals surface area (Å²) >= 11 is 0. The average Bonchev–Trinajstić information content (AvgIpc) is 3.13. The molecule has 5 nitrogen and oxygen atoms in total. The van der Waals surface area contributed by atoms with Gasteiger partial charge in [0.1, 0.15) is 0 Å². The second kappa shape index (κ2) is 9.13. The molecule has 1 N–H and O–H groups in total. The average molecular weight is 419 g/mol. The summed E-state index contributed by atoms with van der Waals surface area (Å²) in [6.45, 7) is 11.4. The molecular weight excluding hydrogens is 384 g/mol. The first-order chi connectivity index (χ1) is 14.9. The van der Waals surface area contributed by atoms with Gasteiger partial charge < -0.3 is 14.8 Å². The van der Waals surface area contributed by atoms with Crippen LogP contribution in [0.4, 0.5) is 11.6 Å². The zero-order valence-electron chi connectivity index (χ0n) is 19.2. The number of hydrogen-bond acceptors (Lipinski definition) is 3. The number of hydrogen-bond donors (Lipinski definition) is 1. The van der Waals surface area contributed by atoms with E-state index in [2.05, 4.69) is 78.9 Å². The van der Waals surface area contributed by atoms with E-state index in [-0.39, 0.29) is 11.8 Å². The van der Waals surface area contributed by atoms with Gasteiger partial charge in [0.25, 0.3) is 0 Å². The van der Waals surface area contributed by atoms with Gasteiger partial charge in [-0.05, 0) is 74.4 Å². The van der Waals surface area contributed by atoms with Crippen molar-refractivity contribution in [1.82, 2.24) is 9.55 Å². The van der Waals surface area contributed by atoms with Gasteiger partial charge >= 0.3 is 0 Å². The van der Waals surface area contributed by atoms with E-state index in [1.165, 1.54) is 16.6 Å². The first-order valence-electron chi connectivity index (χ1n) is 11.5. The van der Waals surface area contributed by atoms with E-state index in [4.69, 9.17) is 4.98 Å². The molecule has 3 aromatic rings. The van der Waals surface area contributed by atoms with Gasteiger partial charge in [-0.2, -0.15) is 0 Å². The largest absolute Gasteiger partial charge is 0.342 e. The molecule has 4 rings (SSSR count). The van der Waals surface area contributed by atoms with E-state index in [1.54, 1.807) is 0 Å². The monoisotopic (exact) mass is 418 g/mol. The van der Waals surface area contributed by atoms with Crippen molar-refractivity contribution in [3.63, 3.8) is 0 Å². The summed E-state index contributed by atoms with van der Waals surface area (Å²) in [6.07, 6.45) is 2.83. The highest BCUT2D eigenvalue weighted by Crippen LogP contribution is 2.28. The number of rotatable bonds is 6. The van der Waals surface area contributed by atoms with Crippen LogP contribution in [-0.4, -0.2) is 28.5 Å². The van der Waals surface area contributed by atoms with E-state index in [1.807, 2.05) is 6.07 Å². The van der Waals surface area contributed by atoms with Crippen LogP contribution in [0, 0.1) is 25.7 Å². The Hall–Kier alpha value is -2.82. The molecule has 1 fully saturated rings. The number of fused-ring (bicyclic) bond motifs is 1. The normalized spacial score (nSPS) is 15.1. The van der Waals surface area contributed by atoms with E-state index in [0.717, 1.165) is 56.0 Å². The lowest BCUT2D eigenvalue weighted by Gasteiger charge is -2.32. The Morgan fingerprint density at radius 1 is 1.10 bits per heavy atom. The minimum atomic E-state index is 0.0475. The molecule has 0 radical (unpaired) electrons. The maximum atomic E-state index is 12.8. The van der Waals surface area contributed by atoms with Crippen LogP contribution in [0.2, 0.25) is 0 Å². The molecule has 1 aliphatic heterocycles. The topological polar surface area (TPSA) is 50.2 Å². The van der Waals surface area contributed by atoms with Crippen molar-refractivity contribution in [3.8, 4) is 0 Å². The second-order valence-electron chi connectivity index (χ2n) is 9.28.